The highest BCUT2D eigenvalue weighted by Crippen LogP contribution is 2.26. The molecule has 0 saturated heterocycles. The van der Waals surface area contributed by atoms with E-state index in [0.717, 1.165) is 21.6 Å². The predicted octanol–water partition coefficient (Wildman–Crippen LogP) is 3.20. The molecule has 0 amide bonds. The number of nitrogens with zero attached hydrogens (tertiary/aromatic N) is 4. The standard InChI is InChI=1S/C17H15N5O2S2/c1-11-20-16(10-25-11)14-7-6-13(9-18-14)26(23,24)21-15-5-3-4-12-8-19-22(2)17(12)15/h3-10,21H,1-2H3. The first-order valence-corrected chi connectivity index (χ1v) is 10.1. The average Bonchev–Trinajstić information content (AvgIpc) is 3.22. The molecule has 0 radical (unpaired) electrons. The van der Waals surface area contributed by atoms with Crippen LogP contribution in [-0.2, 0) is 17.1 Å². The summed E-state index contributed by atoms with van der Waals surface area (Å²) < 4.78 is 29.7. The van der Waals surface area contributed by atoms with Gasteiger partial charge in [-0.15, -0.1) is 11.3 Å². The minimum absolute atomic E-state index is 0.0902. The first kappa shape index (κ1) is 16.7. The lowest BCUT2D eigenvalue weighted by Gasteiger charge is -2.10. The van der Waals surface area contributed by atoms with E-state index in [0.29, 0.717) is 11.4 Å². The largest absolute Gasteiger partial charge is 0.277 e. The molecule has 0 bridgehead atoms. The molecule has 3 aromatic heterocycles. The highest BCUT2D eigenvalue weighted by atomic mass is 32.2. The Balaban J connectivity index is 1.67. The Bertz CT molecular complexity index is 1190. The second kappa shape index (κ2) is 6.19. The molecule has 0 atom stereocenters. The van der Waals surface area contributed by atoms with E-state index in [9.17, 15) is 8.42 Å². The van der Waals surface area contributed by atoms with Gasteiger partial charge in [0.25, 0.3) is 10.0 Å². The number of benzene rings is 1. The molecule has 26 heavy (non-hydrogen) atoms. The van der Waals surface area contributed by atoms with Crippen molar-refractivity contribution in [2.45, 2.75) is 11.8 Å². The van der Waals surface area contributed by atoms with Gasteiger partial charge in [-0.2, -0.15) is 5.10 Å². The van der Waals surface area contributed by atoms with Crippen LogP contribution in [0.3, 0.4) is 0 Å². The van der Waals surface area contributed by atoms with Crippen molar-refractivity contribution in [3.05, 3.63) is 53.1 Å². The molecule has 1 aromatic carbocycles. The monoisotopic (exact) mass is 385 g/mol. The van der Waals surface area contributed by atoms with Gasteiger partial charge in [0.05, 0.1) is 33.8 Å². The molecule has 132 valence electrons. The molecule has 4 aromatic rings. The summed E-state index contributed by atoms with van der Waals surface area (Å²) >= 11 is 1.52. The Morgan fingerprint density at radius 3 is 2.65 bits per heavy atom. The Kier molecular flexibility index (Phi) is 3.97. The zero-order valence-electron chi connectivity index (χ0n) is 14.0. The van der Waals surface area contributed by atoms with Crippen molar-refractivity contribution in [1.29, 1.82) is 0 Å². The molecule has 0 aliphatic carbocycles. The fraction of sp³-hybridized carbons (Fsp3) is 0.118. The van der Waals surface area contributed by atoms with Crippen LogP contribution < -0.4 is 4.72 Å². The van der Waals surface area contributed by atoms with Gasteiger partial charge < -0.3 is 0 Å². The number of thiazole rings is 1. The third kappa shape index (κ3) is 2.95. The summed E-state index contributed by atoms with van der Waals surface area (Å²) in [7, 11) is -1.99. The van der Waals surface area contributed by atoms with Crippen LogP contribution in [0.2, 0.25) is 0 Å². The van der Waals surface area contributed by atoms with Gasteiger partial charge in [-0.3, -0.25) is 14.4 Å². The summed E-state index contributed by atoms with van der Waals surface area (Å²) in [5.41, 5.74) is 2.58. The van der Waals surface area contributed by atoms with E-state index in [1.165, 1.54) is 23.6 Å². The molecular weight excluding hydrogens is 370 g/mol. The second-order valence-corrected chi connectivity index (χ2v) is 8.49. The predicted molar refractivity (Wildman–Crippen MR) is 102 cm³/mol. The van der Waals surface area contributed by atoms with Gasteiger partial charge >= 0.3 is 0 Å². The molecule has 9 heteroatoms. The molecule has 4 rings (SSSR count). The maximum absolute atomic E-state index is 12.7. The van der Waals surface area contributed by atoms with Gasteiger partial charge in [0.15, 0.2) is 0 Å². The number of hydrogen-bond acceptors (Lipinski definition) is 6. The molecule has 0 aliphatic heterocycles. The van der Waals surface area contributed by atoms with Gasteiger partial charge in [0, 0.05) is 24.0 Å². The molecular formula is C17H15N5O2S2. The van der Waals surface area contributed by atoms with Gasteiger partial charge in [0.2, 0.25) is 0 Å². The van der Waals surface area contributed by atoms with Crippen LogP contribution in [0.4, 0.5) is 5.69 Å². The molecule has 0 aliphatic rings. The number of rotatable bonds is 4. The van der Waals surface area contributed by atoms with Crippen molar-refractivity contribution in [3.63, 3.8) is 0 Å². The quantitative estimate of drug-likeness (QED) is 0.583. The van der Waals surface area contributed by atoms with Crippen molar-refractivity contribution >= 4 is 38.0 Å². The molecule has 0 spiro atoms. The fourth-order valence-electron chi connectivity index (χ4n) is 2.69. The molecule has 7 nitrogen and oxygen atoms in total. The van der Waals surface area contributed by atoms with E-state index < -0.39 is 10.0 Å². The van der Waals surface area contributed by atoms with Gasteiger partial charge in [0.1, 0.15) is 4.90 Å². The number of anilines is 1. The van der Waals surface area contributed by atoms with Crippen LogP contribution in [0.25, 0.3) is 22.3 Å². The normalized spacial score (nSPS) is 11.8. The van der Waals surface area contributed by atoms with Crippen LogP contribution >= 0.6 is 11.3 Å². The zero-order chi connectivity index (χ0) is 18.3. The summed E-state index contributed by atoms with van der Waals surface area (Å²) in [6.45, 7) is 1.91. The number of nitrogens with one attached hydrogen (secondary N) is 1. The lowest BCUT2D eigenvalue weighted by Crippen LogP contribution is -2.14. The zero-order valence-corrected chi connectivity index (χ0v) is 15.7. The lowest BCUT2D eigenvalue weighted by molar-refractivity contribution is 0.601. The van der Waals surface area contributed by atoms with Gasteiger partial charge in [-0.05, 0) is 25.1 Å². The maximum Gasteiger partial charge on any atom is 0.263 e. The van der Waals surface area contributed by atoms with Crippen LogP contribution in [-0.4, -0.2) is 28.2 Å². The minimum atomic E-state index is -3.76. The van der Waals surface area contributed by atoms with Crippen molar-refractivity contribution in [1.82, 2.24) is 19.7 Å². The smallest absolute Gasteiger partial charge is 0.263 e. The molecule has 1 N–H and O–H groups in total. The van der Waals surface area contributed by atoms with Crippen LogP contribution in [0.15, 0.2) is 53.0 Å². The van der Waals surface area contributed by atoms with E-state index in [1.54, 1.807) is 36.1 Å². The van der Waals surface area contributed by atoms with Crippen molar-refractivity contribution in [3.8, 4) is 11.4 Å². The Morgan fingerprint density at radius 1 is 1.12 bits per heavy atom. The maximum atomic E-state index is 12.7. The molecule has 3 heterocycles. The topological polar surface area (TPSA) is 89.8 Å². The third-order valence-corrected chi connectivity index (χ3v) is 6.06. The summed E-state index contributed by atoms with van der Waals surface area (Å²) in [4.78, 5) is 8.70. The molecule has 0 saturated carbocycles. The number of aryl methyl sites for hydroxylation is 2. The van der Waals surface area contributed by atoms with E-state index in [2.05, 4.69) is 19.8 Å². The number of sulfonamides is 1. The summed E-state index contributed by atoms with van der Waals surface area (Å²) in [6, 6.07) is 8.57. The molecule has 0 unspecified atom stereocenters. The summed E-state index contributed by atoms with van der Waals surface area (Å²) in [6.07, 6.45) is 3.04. The number of hydrogen-bond donors (Lipinski definition) is 1. The van der Waals surface area contributed by atoms with Gasteiger partial charge in [-0.25, -0.2) is 13.4 Å². The number of pyridine rings is 1. The molecule has 0 fully saturated rings. The van der Waals surface area contributed by atoms with E-state index in [1.807, 2.05) is 18.4 Å². The van der Waals surface area contributed by atoms with E-state index >= 15 is 0 Å². The lowest BCUT2D eigenvalue weighted by atomic mass is 10.2. The third-order valence-electron chi connectivity index (χ3n) is 3.93. The average molecular weight is 385 g/mol. The van der Waals surface area contributed by atoms with Crippen LogP contribution in [0.5, 0.6) is 0 Å². The van der Waals surface area contributed by atoms with Crippen molar-refractivity contribution in [2.75, 3.05) is 4.72 Å². The Labute approximate surface area is 154 Å². The number of aromatic nitrogens is 4. The summed E-state index contributed by atoms with van der Waals surface area (Å²) in [5, 5.41) is 7.86. The van der Waals surface area contributed by atoms with Gasteiger partial charge in [-0.1, -0.05) is 12.1 Å². The number of fused-ring (bicyclic) bond motifs is 1. The fourth-order valence-corrected chi connectivity index (χ4v) is 4.31. The van der Waals surface area contributed by atoms with Crippen molar-refractivity contribution < 1.29 is 8.42 Å². The second-order valence-electron chi connectivity index (χ2n) is 5.75. The first-order chi connectivity index (χ1) is 12.4. The van der Waals surface area contributed by atoms with Crippen LogP contribution in [0.1, 0.15) is 5.01 Å². The van der Waals surface area contributed by atoms with E-state index in [4.69, 9.17) is 0 Å². The highest BCUT2D eigenvalue weighted by Gasteiger charge is 2.18. The Morgan fingerprint density at radius 2 is 1.96 bits per heavy atom. The summed E-state index contributed by atoms with van der Waals surface area (Å²) in [5.74, 6) is 0. The highest BCUT2D eigenvalue weighted by molar-refractivity contribution is 7.92. The van der Waals surface area contributed by atoms with E-state index in [-0.39, 0.29) is 4.90 Å². The van der Waals surface area contributed by atoms with Crippen molar-refractivity contribution in [2.24, 2.45) is 7.05 Å². The first-order valence-electron chi connectivity index (χ1n) is 7.76. The number of para-hydroxylation sites is 1. The SMILES string of the molecule is Cc1nc(-c2ccc(S(=O)(=O)Nc3cccc4cnn(C)c34)cn2)cs1. The minimum Gasteiger partial charge on any atom is -0.277 e. The van der Waals surface area contributed by atoms with Crippen LogP contribution in [0, 0.1) is 6.92 Å². The Hall–Kier alpha value is -2.78.